The summed E-state index contributed by atoms with van der Waals surface area (Å²) in [6, 6.07) is 4.92. The summed E-state index contributed by atoms with van der Waals surface area (Å²) in [5, 5.41) is 2.82. The third kappa shape index (κ3) is 9.65. The lowest BCUT2D eigenvalue weighted by Crippen LogP contribution is -2.32. The molecule has 7 heteroatoms. The van der Waals surface area contributed by atoms with Crippen LogP contribution in [0, 0.1) is 11.8 Å². The number of unbranched alkanes of at least 4 members (excludes halogenated alkanes) is 3. The van der Waals surface area contributed by atoms with E-state index in [1.807, 2.05) is 0 Å². The van der Waals surface area contributed by atoms with Crippen molar-refractivity contribution in [3.63, 3.8) is 0 Å². The van der Waals surface area contributed by atoms with Crippen molar-refractivity contribution in [3.8, 4) is 11.8 Å². The maximum absolute atomic E-state index is 12.6. The van der Waals surface area contributed by atoms with Gasteiger partial charge in [-0.05, 0) is 24.6 Å². The molecule has 0 aliphatic heterocycles. The van der Waals surface area contributed by atoms with Crippen molar-refractivity contribution in [2.45, 2.75) is 38.8 Å². The maximum atomic E-state index is 12.6. The van der Waals surface area contributed by atoms with Crippen molar-refractivity contribution in [1.82, 2.24) is 5.32 Å². The molecule has 0 spiro atoms. The summed E-state index contributed by atoms with van der Waals surface area (Å²) in [5.74, 6) is 5.71. The fourth-order valence-electron chi connectivity index (χ4n) is 1.85. The molecular formula is C17H23F3IN3. The van der Waals surface area contributed by atoms with E-state index in [0.717, 1.165) is 25.0 Å². The second-order valence-corrected chi connectivity index (χ2v) is 5.06. The highest BCUT2D eigenvalue weighted by Gasteiger charge is 2.30. The fourth-order valence-corrected chi connectivity index (χ4v) is 1.85. The molecule has 0 heterocycles. The highest BCUT2D eigenvalue weighted by molar-refractivity contribution is 14.0. The topological polar surface area (TPSA) is 50.4 Å². The van der Waals surface area contributed by atoms with Crippen LogP contribution in [-0.2, 0) is 6.18 Å². The van der Waals surface area contributed by atoms with E-state index < -0.39 is 11.7 Å². The molecule has 0 bridgehead atoms. The van der Waals surface area contributed by atoms with Gasteiger partial charge in [-0.25, -0.2) is 0 Å². The molecule has 1 aromatic carbocycles. The van der Waals surface area contributed by atoms with E-state index in [4.69, 9.17) is 5.73 Å². The molecule has 24 heavy (non-hydrogen) atoms. The fraction of sp³-hybridized carbons (Fsp3) is 0.471. The molecule has 0 radical (unpaired) electrons. The van der Waals surface area contributed by atoms with Crippen molar-refractivity contribution in [2.75, 3.05) is 13.1 Å². The van der Waals surface area contributed by atoms with Gasteiger partial charge in [0.1, 0.15) is 0 Å². The van der Waals surface area contributed by atoms with Gasteiger partial charge in [-0.1, -0.05) is 44.1 Å². The number of nitrogens with one attached hydrogen (secondary N) is 1. The Bertz CT molecular complexity index is 574. The summed E-state index contributed by atoms with van der Waals surface area (Å²) in [6.07, 6.45) is 0.119. The molecule has 0 fully saturated rings. The van der Waals surface area contributed by atoms with E-state index in [1.165, 1.54) is 25.0 Å². The number of alkyl halides is 3. The van der Waals surface area contributed by atoms with E-state index >= 15 is 0 Å². The van der Waals surface area contributed by atoms with Crippen LogP contribution in [0.2, 0.25) is 0 Å². The quantitative estimate of drug-likeness (QED) is 0.224. The number of hydrogen-bond acceptors (Lipinski definition) is 1. The maximum Gasteiger partial charge on any atom is 0.416 e. The monoisotopic (exact) mass is 453 g/mol. The van der Waals surface area contributed by atoms with Crippen molar-refractivity contribution in [3.05, 3.63) is 35.4 Å². The number of halogens is 4. The lowest BCUT2D eigenvalue weighted by molar-refractivity contribution is -0.137. The van der Waals surface area contributed by atoms with Gasteiger partial charge in [-0.2, -0.15) is 13.2 Å². The van der Waals surface area contributed by atoms with Crippen LogP contribution in [0.1, 0.15) is 43.7 Å². The molecule has 0 amide bonds. The predicted molar refractivity (Wildman–Crippen MR) is 102 cm³/mol. The van der Waals surface area contributed by atoms with Crippen LogP contribution in [0.4, 0.5) is 13.2 Å². The van der Waals surface area contributed by atoms with E-state index in [2.05, 4.69) is 29.1 Å². The van der Waals surface area contributed by atoms with Crippen LogP contribution in [0.15, 0.2) is 29.3 Å². The van der Waals surface area contributed by atoms with Crippen LogP contribution >= 0.6 is 24.0 Å². The lowest BCUT2D eigenvalue weighted by Gasteiger charge is -2.05. The van der Waals surface area contributed by atoms with Gasteiger partial charge in [-0.15, -0.1) is 24.0 Å². The normalized spacial score (nSPS) is 11.2. The van der Waals surface area contributed by atoms with E-state index in [0.29, 0.717) is 18.1 Å². The molecule has 0 aromatic heterocycles. The number of rotatable bonds is 6. The SMILES string of the molecule is CCCCCCN=C(N)NCC#Cc1cccc(C(F)(F)F)c1.I. The molecule has 1 aromatic rings. The highest BCUT2D eigenvalue weighted by Crippen LogP contribution is 2.29. The lowest BCUT2D eigenvalue weighted by atomic mass is 10.1. The Morgan fingerprint density at radius 1 is 1.25 bits per heavy atom. The summed E-state index contributed by atoms with van der Waals surface area (Å²) in [4.78, 5) is 4.15. The summed E-state index contributed by atoms with van der Waals surface area (Å²) in [6.45, 7) is 3.04. The number of nitrogens with zero attached hydrogens (tertiary/aromatic N) is 1. The number of hydrogen-bond donors (Lipinski definition) is 2. The first kappa shape index (κ1) is 22.6. The number of guanidine groups is 1. The van der Waals surface area contributed by atoms with Gasteiger partial charge in [0.25, 0.3) is 0 Å². The van der Waals surface area contributed by atoms with Crippen molar-refractivity contribution in [2.24, 2.45) is 10.7 Å². The highest BCUT2D eigenvalue weighted by atomic mass is 127. The standard InChI is InChI=1S/C17H22F3N3.HI/c1-2-3-4-5-11-22-16(21)23-12-7-9-14-8-6-10-15(13-14)17(18,19)20;/h6,8,10,13H,2-5,11-12H2,1H3,(H3,21,22,23);1H. The molecule has 3 nitrogen and oxygen atoms in total. The van der Waals surface area contributed by atoms with Gasteiger partial charge in [0.2, 0.25) is 0 Å². The van der Waals surface area contributed by atoms with E-state index in [-0.39, 0.29) is 30.5 Å². The van der Waals surface area contributed by atoms with Crippen LogP contribution < -0.4 is 11.1 Å². The summed E-state index contributed by atoms with van der Waals surface area (Å²) < 4.78 is 37.7. The molecule has 3 N–H and O–H groups in total. The molecule has 0 saturated carbocycles. The van der Waals surface area contributed by atoms with Gasteiger partial charge in [0, 0.05) is 12.1 Å². The average Bonchev–Trinajstić information content (AvgIpc) is 2.51. The zero-order chi connectivity index (χ0) is 17.1. The second kappa shape index (κ2) is 12.0. The first-order valence-electron chi connectivity index (χ1n) is 7.63. The molecular weight excluding hydrogens is 430 g/mol. The van der Waals surface area contributed by atoms with Gasteiger partial charge >= 0.3 is 6.18 Å². The second-order valence-electron chi connectivity index (χ2n) is 5.06. The van der Waals surface area contributed by atoms with Crippen LogP contribution in [0.3, 0.4) is 0 Å². The molecule has 0 atom stereocenters. The Kier molecular flexibility index (Phi) is 11.3. The van der Waals surface area contributed by atoms with Gasteiger partial charge < -0.3 is 11.1 Å². The number of aliphatic imine (C=N–C) groups is 1. The number of nitrogens with two attached hydrogens (primary N) is 1. The molecule has 0 aliphatic rings. The zero-order valence-corrected chi connectivity index (χ0v) is 15.9. The Hall–Kier alpha value is -1.43. The first-order chi connectivity index (χ1) is 10.9. The van der Waals surface area contributed by atoms with E-state index in [1.54, 1.807) is 0 Å². The summed E-state index contributed by atoms with van der Waals surface area (Å²) in [5.41, 5.74) is 5.28. The molecule has 0 aliphatic carbocycles. The third-order valence-corrected chi connectivity index (χ3v) is 3.07. The number of benzene rings is 1. The largest absolute Gasteiger partial charge is 0.416 e. The summed E-state index contributed by atoms with van der Waals surface area (Å²) >= 11 is 0. The predicted octanol–water partition coefficient (Wildman–Crippen LogP) is 4.16. The zero-order valence-electron chi connectivity index (χ0n) is 13.6. The van der Waals surface area contributed by atoms with Crippen LogP contribution in [0.25, 0.3) is 0 Å². The smallest absolute Gasteiger partial charge is 0.370 e. The Morgan fingerprint density at radius 3 is 2.67 bits per heavy atom. The van der Waals surface area contributed by atoms with Crippen LogP contribution in [-0.4, -0.2) is 19.0 Å². The summed E-state index contributed by atoms with van der Waals surface area (Å²) in [7, 11) is 0. The van der Waals surface area contributed by atoms with Crippen molar-refractivity contribution < 1.29 is 13.2 Å². The first-order valence-corrected chi connectivity index (χ1v) is 7.63. The average molecular weight is 453 g/mol. The van der Waals surface area contributed by atoms with E-state index in [9.17, 15) is 13.2 Å². The minimum absolute atomic E-state index is 0. The minimum atomic E-state index is -4.36. The third-order valence-electron chi connectivity index (χ3n) is 3.07. The minimum Gasteiger partial charge on any atom is -0.370 e. The van der Waals surface area contributed by atoms with Crippen molar-refractivity contribution >= 4 is 29.9 Å². The molecule has 134 valence electrons. The van der Waals surface area contributed by atoms with Gasteiger partial charge in [0.05, 0.1) is 12.1 Å². The van der Waals surface area contributed by atoms with Crippen LogP contribution in [0.5, 0.6) is 0 Å². The Labute approximate surface area is 158 Å². The molecule has 0 saturated heterocycles. The Balaban J connectivity index is 0.00000529. The molecule has 1 rings (SSSR count). The molecule has 0 unspecified atom stereocenters. The van der Waals surface area contributed by atoms with Crippen molar-refractivity contribution in [1.29, 1.82) is 0 Å². The Morgan fingerprint density at radius 2 is 2.00 bits per heavy atom. The van der Waals surface area contributed by atoms with Gasteiger partial charge in [0.15, 0.2) is 5.96 Å². The van der Waals surface area contributed by atoms with Gasteiger partial charge in [-0.3, -0.25) is 4.99 Å².